The summed E-state index contributed by atoms with van der Waals surface area (Å²) < 4.78 is 5.21. The molecule has 0 radical (unpaired) electrons. The highest BCUT2D eigenvalue weighted by molar-refractivity contribution is 6.04. The standard InChI is InChI=1S/C13H13N3O3/c17-12(16-5-7-19-8-6-16)11-9-3-1-2-4-10(9)14-13(18)15-11/h1-4H,5-8H2,(H,14,15,18). The van der Waals surface area contributed by atoms with Crippen LogP contribution in [0.1, 0.15) is 10.5 Å². The number of carbonyl (C=O) groups excluding carboxylic acids is 1. The Balaban J connectivity index is 2.08. The number of amides is 1. The lowest BCUT2D eigenvalue weighted by Crippen LogP contribution is -2.41. The Morgan fingerprint density at radius 3 is 2.79 bits per heavy atom. The van der Waals surface area contributed by atoms with E-state index in [0.717, 1.165) is 0 Å². The quantitative estimate of drug-likeness (QED) is 0.804. The van der Waals surface area contributed by atoms with Crippen LogP contribution in [0.5, 0.6) is 0 Å². The predicted octanol–water partition coefficient (Wildman–Crippen LogP) is 0.395. The SMILES string of the molecule is O=C(c1nc(=O)[nH]c2ccccc12)N1CCOCC1. The summed E-state index contributed by atoms with van der Waals surface area (Å²) in [6.45, 7) is 2.10. The summed E-state index contributed by atoms with van der Waals surface area (Å²) in [7, 11) is 0. The number of ether oxygens (including phenoxy) is 1. The number of morpholine rings is 1. The average Bonchev–Trinajstić information content (AvgIpc) is 2.46. The summed E-state index contributed by atoms with van der Waals surface area (Å²) in [6, 6.07) is 7.17. The molecule has 1 aliphatic heterocycles. The molecule has 1 amide bonds. The zero-order chi connectivity index (χ0) is 13.2. The molecule has 0 aliphatic carbocycles. The number of H-pyrrole nitrogens is 1. The maximum Gasteiger partial charge on any atom is 0.346 e. The van der Waals surface area contributed by atoms with Crippen molar-refractivity contribution in [3.8, 4) is 0 Å². The van der Waals surface area contributed by atoms with E-state index in [1.54, 1.807) is 23.1 Å². The lowest BCUT2D eigenvalue weighted by atomic mass is 10.1. The maximum absolute atomic E-state index is 12.4. The van der Waals surface area contributed by atoms with Gasteiger partial charge in [0.15, 0.2) is 0 Å². The molecule has 6 heteroatoms. The summed E-state index contributed by atoms with van der Waals surface area (Å²) in [4.78, 5) is 32.1. The van der Waals surface area contributed by atoms with E-state index in [9.17, 15) is 9.59 Å². The van der Waals surface area contributed by atoms with Gasteiger partial charge in [0.2, 0.25) is 0 Å². The molecule has 1 aromatic carbocycles. The van der Waals surface area contributed by atoms with Crippen molar-refractivity contribution in [2.75, 3.05) is 26.3 Å². The molecular weight excluding hydrogens is 246 g/mol. The van der Waals surface area contributed by atoms with Crippen LogP contribution in [0.25, 0.3) is 10.9 Å². The highest BCUT2D eigenvalue weighted by atomic mass is 16.5. The monoisotopic (exact) mass is 259 g/mol. The number of aromatic nitrogens is 2. The Hall–Kier alpha value is -2.21. The average molecular weight is 259 g/mol. The minimum atomic E-state index is -0.504. The number of aromatic amines is 1. The fourth-order valence-electron chi connectivity index (χ4n) is 2.18. The first kappa shape index (κ1) is 11.9. The molecule has 2 heterocycles. The first-order valence-corrected chi connectivity index (χ1v) is 6.12. The number of hydrogen-bond donors (Lipinski definition) is 1. The lowest BCUT2D eigenvalue weighted by molar-refractivity contribution is 0.0300. The molecule has 98 valence electrons. The first-order chi connectivity index (χ1) is 9.25. The zero-order valence-corrected chi connectivity index (χ0v) is 10.3. The first-order valence-electron chi connectivity index (χ1n) is 6.12. The Kier molecular flexibility index (Phi) is 3.00. The molecule has 3 rings (SSSR count). The number of fused-ring (bicyclic) bond motifs is 1. The Labute approximate surface area is 109 Å². The van der Waals surface area contributed by atoms with Crippen molar-refractivity contribution in [1.82, 2.24) is 14.9 Å². The van der Waals surface area contributed by atoms with Gasteiger partial charge in [0.05, 0.1) is 18.7 Å². The Bertz CT molecular complexity index is 674. The van der Waals surface area contributed by atoms with E-state index in [2.05, 4.69) is 9.97 Å². The summed E-state index contributed by atoms with van der Waals surface area (Å²) in [5.74, 6) is -0.217. The number of nitrogens with zero attached hydrogens (tertiary/aromatic N) is 2. The second-order valence-electron chi connectivity index (χ2n) is 4.34. The number of hydrogen-bond acceptors (Lipinski definition) is 4. The second-order valence-corrected chi connectivity index (χ2v) is 4.34. The summed E-state index contributed by atoms with van der Waals surface area (Å²) in [5, 5.41) is 0.665. The molecule has 0 atom stereocenters. The molecule has 1 aliphatic rings. The van der Waals surface area contributed by atoms with Crippen LogP contribution < -0.4 is 5.69 Å². The van der Waals surface area contributed by atoms with Crippen LogP contribution >= 0.6 is 0 Å². The van der Waals surface area contributed by atoms with Gasteiger partial charge in [-0.25, -0.2) is 4.79 Å². The van der Waals surface area contributed by atoms with Crippen LogP contribution in [0.15, 0.2) is 29.1 Å². The number of carbonyl (C=O) groups is 1. The van der Waals surface area contributed by atoms with Crippen LogP contribution in [0.3, 0.4) is 0 Å². The predicted molar refractivity (Wildman–Crippen MR) is 69.1 cm³/mol. The molecule has 1 saturated heterocycles. The van der Waals surface area contributed by atoms with E-state index in [1.165, 1.54) is 0 Å². The van der Waals surface area contributed by atoms with Gasteiger partial charge in [-0.15, -0.1) is 0 Å². The van der Waals surface area contributed by atoms with Crippen molar-refractivity contribution in [3.05, 3.63) is 40.4 Å². The molecule has 1 fully saturated rings. The van der Waals surface area contributed by atoms with Gasteiger partial charge in [0, 0.05) is 18.5 Å². The fraction of sp³-hybridized carbons (Fsp3) is 0.308. The third kappa shape index (κ3) is 2.22. The minimum absolute atomic E-state index is 0.209. The highest BCUT2D eigenvalue weighted by Gasteiger charge is 2.22. The fourth-order valence-corrected chi connectivity index (χ4v) is 2.18. The van der Waals surface area contributed by atoms with E-state index in [1.807, 2.05) is 6.07 Å². The number of benzene rings is 1. The molecular formula is C13H13N3O3. The van der Waals surface area contributed by atoms with Crippen LogP contribution in [0, 0.1) is 0 Å². The van der Waals surface area contributed by atoms with Crippen molar-refractivity contribution in [1.29, 1.82) is 0 Å². The van der Waals surface area contributed by atoms with Crippen LogP contribution in [-0.2, 0) is 4.74 Å². The molecule has 2 aromatic rings. The topological polar surface area (TPSA) is 75.3 Å². The molecule has 0 bridgehead atoms. The van der Waals surface area contributed by atoms with Gasteiger partial charge in [-0.1, -0.05) is 18.2 Å². The van der Waals surface area contributed by atoms with Crippen LogP contribution in [0.2, 0.25) is 0 Å². The highest BCUT2D eigenvalue weighted by Crippen LogP contribution is 2.15. The second kappa shape index (κ2) is 4.81. The summed E-state index contributed by atoms with van der Waals surface area (Å²) in [6.07, 6.45) is 0. The molecule has 6 nitrogen and oxygen atoms in total. The molecule has 0 unspecified atom stereocenters. The van der Waals surface area contributed by atoms with Gasteiger partial charge in [-0.05, 0) is 6.07 Å². The van der Waals surface area contributed by atoms with Gasteiger partial charge >= 0.3 is 5.69 Å². The number of para-hydroxylation sites is 1. The minimum Gasteiger partial charge on any atom is -0.378 e. The van der Waals surface area contributed by atoms with Gasteiger partial charge in [0.25, 0.3) is 5.91 Å². The van der Waals surface area contributed by atoms with Gasteiger partial charge < -0.3 is 14.6 Å². The third-order valence-corrected chi connectivity index (χ3v) is 3.14. The van der Waals surface area contributed by atoms with E-state index in [0.29, 0.717) is 37.2 Å². The molecule has 0 saturated carbocycles. The van der Waals surface area contributed by atoms with Gasteiger partial charge in [0.1, 0.15) is 5.69 Å². The number of rotatable bonds is 1. The van der Waals surface area contributed by atoms with Crippen molar-refractivity contribution in [2.45, 2.75) is 0 Å². The van der Waals surface area contributed by atoms with Gasteiger partial charge in [-0.2, -0.15) is 4.98 Å². The van der Waals surface area contributed by atoms with Crippen LogP contribution in [0.4, 0.5) is 0 Å². The summed E-state index contributed by atoms with van der Waals surface area (Å²) >= 11 is 0. The lowest BCUT2D eigenvalue weighted by Gasteiger charge is -2.26. The third-order valence-electron chi connectivity index (χ3n) is 3.14. The van der Waals surface area contributed by atoms with Crippen LogP contribution in [-0.4, -0.2) is 47.1 Å². The number of nitrogens with one attached hydrogen (secondary N) is 1. The van der Waals surface area contributed by atoms with E-state index in [4.69, 9.17) is 4.74 Å². The Morgan fingerprint density at radius 2 is 2.00 bits per heavy atom. The van der Waals surface area contributed by atoms with Crippen molar-refractivity contribution in [2.24, 2.45) is 0 Å². The maximum atomic E-state index is 12.4. The molecule has 19 heavy (non-hydrogen) atoms. The largest absolute Gasteiger partial charge is 0.378 e. The van der Waals surface area contributed by atoms with Crippen molar-refractivity contribution < 1.29 is 9.53 Å². The van der Waals surface area contributed by atoms with E-state index < -0.39 is 5.69 Å². The normalized spacial score (nSPS) is 15.7. The summed E-state index contributed by atoms with van der Waals surface area (Å²) in [5.41, 5.74) is 0.329. The van der Waals surface area contributed by atoms with Crippen molar-refractivity contribution in [3.63, 3.8) is 0 Å². The van der Waals surface area contributed by atoms with E-state index >= 15 is 0 Å². The molecule has 1 aromatic heterocycles. The van der Waals surface area contributed by atoms with E-state index in [-0.39, 0.29) is 11.6 Å². The zero-order valence-electron chi connectivity index (χ0n) is 10.3. The van der Waals surface area contributed by atoms with Gasteiger partial charge in [-0.3, -0.25) is 4.79 Å². The molecule has 1 N–H and O–H groups in total. The molecule has 0 spiro atoms. The van der Waals surface area contributed by atoms with Crippen molar-refractivity contribution >= 4 is 16.8 Å². The smallest absolute Gasteiger partial charge is 0.346 e. The Morgan fingerprint density at radius 1 is 1.26 bits per heavy atom.